The summed E-state index contributed by atoms with van der Waals surface area (Å²) in [6, 6.07) is 6.63. The van der Waals surface area contributed by atoms with E-state index < -0.39 is 0 Å². The van der Waals surface area contributed by atoms with Crippen LogP contribution >= 0.6 is 11.3 Å². The van der Waals surface area contributed by atoms with Crippen LogP contribution in [-0.4, -0.2) is 4.98 Å². The maximum atomic E-state index is 6.65. The number of nitrogens with two attached hydrogens (primary N) is 1. The van der Waals surface area contributed by atoms with Gasteiger partial charge in [0.1, 0.15) is 0 Å². The average Bonchev–Trinajstić information content (AvgIpc) is 2.82. The van der Waals surface area contributed by atoms with Gasteiger partial charge in [-0.25, -0.2) is 4.98 Å². The largest absolute Gasteiger partial charge is 0.321 e. The van der Waals surface area contributed by atoms with Crippen molar-refractivity contribution in [2.24, 2.45) is 5.73 Å². The Labute approximate surface area is 125 Å². The molecule has 0 aliphatic heterocycles. The van der Waals surface area contributed by atoms with Crippen molar-refractivity contribution in [3.8, 4) is 0 Å². The molecule has 1 heterocycles. The van der Waals surface area contributed by atoms with Crippen molar-refractivity contribution in [1.82, 2.24) is 4.98 Å². The monoisotopic (exact) mass is 288 g/mol. The first-order valence-electron chi connectivity index (χ1n) is 7.59. The summed E-state index contributed by atoms with van der Waals surface area (Å²) in [6.07, 6.45) is 6.07. The van der Waals surface area contributed by atoms with Gasteiger partial charge in [0.25, 0.3) is 0 Å². The molecular weight excluding hydrogens is 264 g/mol. The third-order valence-electron chi connectivity index (χ3n) is 4.35. The molecule has 2 aromatic rings. The second kappa shape index (κ2) is 4.81. The van der Waals surface area contributed by atoms with Crippen LogP contribution in [0.2, 0.25) is 0 Å². The van der Waals surface area contributed by atoms with E-state index in [1.807, 2.05) is 11.3 Å². The Morgan fingerprint density at radius 2 is 1.85 bits per heavy atom. The fraction of sp³-hybridized carbons (Fsp3) is 0.588. The number of thiazole rings is 1. The van der Waals surface area contributed by atoms with Gasteiger partial charge in [0.15, 0.2) is 0 Å². The van der Waals surface area contributed by atoms with Crippen LogP contribution in [0.15, 0.2) is 18.2 Å². The van der Waals surface area contributed by atoms with Gasteiger partial charge in [-0.1, -0.05) is 46.1 Å². The van der Waals surface area contributed by atoms with Gasteiger partial charge in [-0.2, -0.15) is 0 Å². The molecule has 20 heavy (non-hydrogen) atoms. The van der Waals surface area contributed by atoms with Crippen LogP contribution in [0.1, 0.15) is 63.4 Å². The summed E-state index contributed by atoms with van der Waals surface area (Å²) in [7, 11) is 0. The molecule has 0 saturated heterocycles. The lowest BCUT2D eigenvalue weighted by atomic mass is 9.77. The molecule has 3 rings (SSSR count). The number of nitrogens with zero attached hydrogens (tertiary/aromatic N) is 1. The zero-order valence-electron chi connectivity index (χ0n) is 12.7. The van der Waals surface area contributed by atoms with Crippen LogP contribution in [0.5, 0.6) is 0 Å². The third kappa shape index (κ3) is 2.49. The molecule has 1 aliphatic rings. The van der Waals surface area contributed by atoms with E-state index in [2.05, 4.69) is 39.0 Å². The lowest BCUT2D eigenvalue weighted by Gasteiger charge is -2.33. The molecular formula is C17H24N2S. The molecule has 0 spiro atoms. The SMILES string of the molecule is CC(C)(C)c1nc2ccc(C3(N)CCCCC3)cc2s1. The molecule has 2 nitrogen and oxygen atoms in total. The zero-order chi connectivity index (χ0) is 14.4. The number of fused-ring (bicyclic) bond motifs is 1. The molecule has 1 aliphatic carbocycles. The van der Waals surface area contributed by atoms with Crippen LogP contribution in [0, 0.1) is 0 Å². The van der Waals surface area contributed by atoms with Crippen molar-refractivity contribution in [3.05, 3.63) is 28.8 Å². The van der Waals surface area contributed by atoms with Crippen molar-refractivity contribution in [2.75, 3.05) is 0 Å². The highest BCUT2D eigenvalue weighted by Gasteiger charge is 2.30. The predicted molar refractivity (Wildman–Crippen MR) is 87.3 cm³/mol. The van der Waals surface area contributed by atoms with Crippen molar-refractivity contribution in [3.63, 3.8) is 0 Å². The number of rotatable bonds is 1. The number of benzene rings is 1. The van der Waals surface area contributed by atoms with Gasteiger partial charge >= 0.3 is 0 Å². The molecule has 1 saturated carbocycles. The fourth-order valence-corrected chi connectivity index (χ4v) is 4.09. The van der Waals surface area contributed by atoms with Gasteiger partial charge in [0, 0.05) is 11.0 Å². The zero-order valence-corrected chi connectivity index (χ0v) is 13.5. The van der Waals surface area contributed by atoms with E-state index in [9.17, 15) is 0 Å². The van der Waals surface area contributed by atoms with Gasteiger partial charge in [0.05, 0.1) is 15.2 Å². The molecule has 1 aromatic heterocycles. The minimum absolute atomic E-state index is 0.113. The average molecular weight is 288 g/mol. The molecule has 0 bridgehead atoms. The molecule has 1 fully saturated rings. The van der Waals surface area contributed by atoms with Gasteiger partial charge in [-0.3, -0.25) is 0 Å². The Kier molecular flexibility index (Phi) is 3.38. The third-order valence-corrected chi connectivity index (χ3v) is 5.79. The van der Waals surface area contributed by atoms with Crippen molar-refractivity contribution < 1.29 is 0 Å². The van der Waals surface area contributed by atoms with Crippen LogP contribution in [0.4, 0.5) is 0 Å². The number of hydrogen-bond acceptors (Lipinski definition) is 3. The van der Waals surface area contributed by atoms with Crippen molar-refractivity contribution in [2.45, 2.75) is 63.8 Å². The van der Waals surface area contributed by atoms with Gasteiger partial charge < -0.3 is 5.73 Å². The maximum absolute atomic E-state index is 6.65. The van der Waals surface area contributed by atoms with Crippen molar-refractivity contribution >= 4 is 21.6 Å². The summed E-state index contributed by atoms with van der Waals surface area (Å²) < 4.78 is 1.28. The molecule has 0 atom stereocenters. The van der Waals surface area contributed by atoms with E-state index >= 15 is 0 Å². The summed E-state index contributed by atoms with van der Waals surface area (Å²) in [5.74, 6) is 0. The van der Waals surface area contributed by atoms with Crippen LogP contribution in [0.3, 0.4) is 0 Å². The van der Waals surface area contributed by atoms with E-state index in [0.717, 1.165) is 18.4 Å². The second-order valence-corrected chi connectivity index (χ2v) is 8.20. The van der Waals surface area contributed by atoms with Gasteiger partial charge in [-0.05, 0) is 30.5 Å². The molecule has 2 N–H and O–H groups in total. The minimum atomic E-state index is -0.113. The lowest BCUT2D eigenvalue weighted by molar-refractivity contribution is 0.302. The number of aromatic nitrogens is 1. The first kappa shape index (κ1) is 14.0. The predicted octanol–water partition coefficient (Wildman–Crippen LogP) is 4.71. The Morgan fingerprint density at radius 1 is 1.15 bits per heavy atom. The summed E-state index contributed by atoms with van der Waals surface area (Å²) in [6.45, 7) is 6.66. The lowest BCUT2D eigenvalue weighted by Crippen LogP contribution is -2.38. The van der Waals surface area contributed by atoms with Crippen LogP contribution in [0.25, 0.3) is 10.2 Å². The second-order valence-electron chi connectivity index (χ2n) is 7.17. The fourth-order valence-electron chi connectivity index (χ4n) is 3.03. The van der Waals surface area contributed by atoms with E-state index in [1.165, 1.54) is 34.5 Å². The van der Waals surface area contributed by atoms with E-state index in [-0.39, 0.29) is 11.0 Å². The molecule has 0 radical (unpaired) electrons. The van der Waals surface area contributed by atoms with Crippen molar-refractivity contribution in [1.29, 1.82) is 0 Å². The highest BCUT2D eigenvalue weighted by atomic mass is 32.1. The first-order chi connectivity index (χ1) is 9.38. The topological polar surface area (TPSA) is 38.9 Å². The normalized spacial score (nSPS) is 19.4. The van der Waals surface area contributed by atoms with Gasteiger partial charge in [0.2, 0.25) is 0 Å². The molecule has 0 amide bonds. The van der Waals surface area contributed by atoms with E-state index in [4.69, 9.17) is 10.7 Å². The highest BCUT2D eigenvalue weighted by molar-refractivity contribution is 7.18. The van der Waals surface area contributed by atoms with E-state index in [0.29, 0.717) is 0 Å². The summed E-state index contributed by atoms with van der Waals surface area (Å²) in [4.78, 5) is 4.77. The highest BCUT2D eigenvalue weighted by Crippen LogP contribution is 2.38. The summed E-state index contributed by atoms with van der Waals surface area (Å²) in [5, 5.41) is 1.21. The molecule has 0 unspecified atom stereocenters. The molecule has 108 valence electrons. The van der Waals surface area contributed by atoms with Crippen LogP contribution in [-0.2, 0) is 11.0 Å². The molecule has 3 heteroatoms. The van der Waals surface area contributed by atoms with E-state index in [1.54, 1.807) is 0 Å². The van der Waals surface area contributed by atoms with Crippen LogP contribution < -0.4 is 5.73 Å². The Bertz CT molecular complexity index is 615. The Hall–Kier alpha value is -0.930. The first-order valence-corrected chi connectivity index (χ1v) is 8.41. The molecule has 1 aromatic carbocycles. The minimum Gasteiger partial charge on any atom is -0.321 e. The summed E-state index contributed by atoms with van der Waals surface area (Å²) in [5.41, 5.74) is 9.07. The van der Waals surface area contributed by atoms with Gasteiger partial charge in [-0.15, -0.1) is 11.3 Å². The number of hydrogen-bond donors (Lipinski definition) is 1. The maximum Gasteiger partial charge on any atom is 0.0992 e. The summed E-state index contributed by atoms with van der Waals surface area (Å²) >= 11 is 1.81. The Balaban J connectivity index is 2.02. The smallest absolute Gasteiger partial charge is 0.0992 e. The Morgan fingerprint density at radius 3 is 2.50 bits per heavy atom. The quantitative estimate of drug-likeness (QED) is 0.825. The standard InChI is InChI=1S/C17H24N2S/c1-16(2,3)15-19-13-8-7-12(11-14(13)20-15)17(18)9-5-4-6-10-17/h7-8,11H,4-6,9-10,18H2,1-3H3.